The summed E-state index contributed by atoms with van der Waals surface area (Å²) in [6.45, 7) is 3.87. The van der Waals surface area contributed by atoms with Gasteiger partial charge < -0.3 is 15.7 Å². The largest absolute Gasteiger partial charge is 0.508 e. The number of carbonyl (C=O) groups excluding carboxylic acids is 1. The number of rotatable bonds is 3. The molecule has 3 N–H and O–H groups in total. The van der Waals surface area contributed by atoms with Crippen molar-refractivity contribution in [2.24, 2.45) is 5.92 Å². The second kappa shape index (κ2) is 5.87. The molecular formula is C14H20N2O2. The number of carbonyl (C=O) groups is 1. The normalized spacial score (nSPS) is 19.5. The smallest absolute Gasteiger partial charge is 0.224 e. The van der Waals surface area contributed by atoms with Crippen molar-refractivity contribution < 1.29 is 9.90 Å². The Balaban J connectivity index is 1.90. The van der Waals surface area contributed by atoms with E-state index in [-0.39, 0.29) is 11.7 Å². The number of piperidine rings is 1. The van der Waals surface area contributed by atoms with Crippen molar-refractivity contribution >= 4 is 11.6 Å². The number of hydrogen-bond donors (Lipinski definition) is 3. The van der Waals surface area contributed by atoms with Crippen LogP contribution in [0.4, 0.5) is 5.69 Å². The minimum absolute atomic E-state index is 0.0532. The highest BCUT2D eigenvalue weighted by Crippen LogP contribution is 2.21. The Bertz CT molecular complexity index is 426. The lowest BCUT2D eigenvalue weighted by molar-refractivity contribution is -0.117. The van der Waals surface area contributed by atoms with E-state index in [0.717, 1.165) is 37.2 Å². The molecule has 2 rings (SSSR count). The average molecular weight is 248 g/mol. The van der Waals surface area contributed by atoms with Crippen LogP contribution >= 0.6 is 0 Å². The average Bonchev–Trinajstić information content (AvgIpc) is 2.34. The van der Waals surface area contributed by atoms with Crippen LogP contribution in [0, 0.1) is 12.8 Å². The first-order valence-electron chi connectivity index (χ1n) is 6.45. The second-order valence-electron chi connectivity index (χ2n) is 4.96. The fraction of sp³-hybridized carbons (Fsp3) is 0.500. The molecule has 1 aliphatic rings. The van der Waals surface area contributed by atoms with E-state index >= 15 is 0 Å². The number of benzene rings is 1. The summed E-state index contributed by atoms with van der Waals surface area (Å²) >= 11 is 0. The van der Waals surface area contributed by atoms with Crippen LogP contribution < -0.4 is 10.6 Å². The Kier molecular flexibility index (Phi) is 4.20. The van der Waals surface area contributed by atoms with Crippen LogP contribution in [0.15, 0.2) is 18.2 Å². The van der Waals surface area contributed by atoms with E-state index < -0.39 is 0 Å². The molecule has 1 unspecified atom stereocenters. The maximum absolute atomic E-state index is 11.9. The van der Waals surface area contributed by atoms with E-state index in [4.69, 9.17) is 0 Å². The summed E-state index contributed by atoms with van der Waals surface area (Å²) in [4.78, 5) is 11.9. The van der Waals surface area contributed by atoms with Crippen molar-refractivity contribution in [1.29, 1.82) is 0 Å². The molecule has 4 nitrogen and oxygen atoms in total. The van der Waals surface area contributed by atoms with Gasteiger partial charge in [-0.1, -0.05) is 0 Å². The van der Waals surface area contributed by atoms with Crippen molar-refractivity contribution in [3.63, 3.8) is 0 Å². The van der Waals surface area contributed by atoms with Gasteiger partial charge in [-0.25, -0.2) is 0 Å². The maximum Gasteiger partial charge on any atom is 0.224 e. The fourth-order valence-electron chi connectivity index (χ4n) is 2.35. The molecule has 1 fully saturated rings. The summed E-state index contributed by atoms with van der Waals surface area (Å²) in [5.41, 5.74) is 1.66. The minimum Gasteiger partial charge on any atom is -0.508 e. The van der Waals surface area contributed by atoms with E-state index in [2.05, 4.69) is 10.6 Å². The highest BCUT2D eigenvalue weighted by Gasteiger charge is 2.17. The molecular weight excluding hydrogens is 228 g/mol. The van der Waals surface area contributed by atoms with Gasteiger partial charge in [-0.3, -0.25) is 4.79 Å². The summed E-state index contributed by atoms with van der Waals surface area (Å²) in [6.07, 6.45) is 2.83. The molecule has 1 saturated heterocycles. The quantitative estimate of drug-likeness (QED) is 0.717. The van der Waals surface area contributed by atoms with E-state index in [1.807, 2.05) is 6.92 Å². The molecule has 0 saturated carbocycles. The Labute approximate surface area is 107 Å². The molecule has 1 atom stereocenters. The van der Waals surface area contributed by atoms with E-state index in [1.165, 1.54) is 0 Å². The highest BCUT2D eigenvalue weighted by molar-refractivity contribution is 5.91. The lowest BCUT2D eigenvalue weighted by Crippen LogP contribution is -2.32. The van der Waals surface area contributed by atoms with Gasteiger partial charge in [0.1, 0.15) is 5.75 Å². The Hall–Kier alpha value is -1.55. The van der Waals surface area contributed by atoms with E-state index in [0.29, 0.717) is 12.3 Å². The number of anilines is 1. The van der Waals surface area contributed by atoms with Gasteiger partial charge in [-0.2, -0.15) is 0 Å². The van der Waals surface area contributed by atoms with E-state index in [9.17, 15) is 9.90 Å². The molecule has 1 aliphatic heterocycles. The zero-order valence-corrected chi connectivity index (χ0v) is 10.7. The SMILES string of the molecule is Cc1cc(O)ccc1NC(=O)CC1CCCNC1. The van der Waals surface area contributed by atoms with Gasteiger partial charge in [0, 0.05) is 12.1 Å². The molecule has 1 aromatic carbocycles. The molecule has 18 heavy (non-hydrogen) atoms. The number of phenols is 1. The molecule has 0 radical (unpaired) electrons. The number of aryl methyl sites for hydroxylation is 1. The third-order valence-electron chi connectivity index (χ3n) is 3.36. The van der Waals surface area contributed by atoms with Crippen LogP contribution in [0.5, 0.6) is 5.75 Å². The second-order valence-corrected chi connectivity index (χ2v) is 4.96. The van der Waals surface area contributed by atoms with Crippen molar-refractivity contribution in [2.75, 3.05) is 18.4 Å². The first kappa shape index (κ1) is 12.9. The third-order valence-corrected chi connectivity index (χ3v) is 3.36. The number of hydrogen-bond acceptors (Lipinski definition) is 3. The molecule has 4 heteroatoms. The number of amides is 1. The van der Waals surface area contributed by atoms with Crippen molar-refractivity contribution in [3.8, 4) is 5.75 Å². The third kappa shape index (κ3) is 3.47. The summed E-state index contributed by atoms with van der Waals surface area (Å²) in [6, 6.07) is 4.98. The standard InChI is InChI=1S/C14H20N2O2/c1-10-7-12(17)4-5-13(10)16-14(18)8-11-3-2-6-15-9-11/h4-5,7,11,15,17H,2-3,6,8-9H2,1H3,(H,16,18). The van der Waals surface area contributed by atoms with Gasteiger partial charge in [0.2, 0.25) is 5.91 Å². The van der Waals surface area contributed by atoms with Gasteiger partial charge in [0.05, 0.1) is 0 Å². The van der Waals surface area contributed by atoms with Crippen molar-refractivity contribution in [1.82, 2.24) is 5.32 Å². The molecule has 0 spiro atoms. The van der Waals surface area contributed by atoms with Crippen LogP contribution in [0.1, 0.15) is 24.8 Å². The molecule has 0 aromatic heterocycles. The summed E-state index contributed by atoms with van der Waals surface area (Å²) in [7, 11) is 0. The molecule has 0 bridgehead atoms. The van der Waals surface area contributed by atoms with Crippen LogP contribution in [0.2, 0.25) is 0 Å². The van der Waals surface area contributed by atoms with Crippen LogP contribution in [0.3, 0.4) is 0 Å². The number of phenolic OH excluding ortho intramolecular Hbond substituents is 1. The number of nitrogens with one attached hydrogen (secondary N) is 2. The van der Waals surface area contributed by atoms with Gasteiger partial charge in [0.15, 0.2) is 0 Å². The van der Waals surface area contributed by atoms with Gasteiger partial charge in [-0.05, 0) is 62.5 Å². The Morgan fingerprint density at radius 1 is 1.56 bits per heavy atom. The predicted molar refractivity (Wildman–Crippen MR) is 71.7 cm³/mol. The van der Waals surface area contributed by atoms with Gasteiger partial charge in [0.25, 0.3) is 0 Å². The first-order chi connectivity index (χ1) is 8.65. The lowest BCUT2D eigenvalue weighted by atomic mass is 9.96. The molecule has 1 amide bonds. The molecule has 1 heterocycles. The summed E-state index contributed by atoms with van der Waals surface area (Å²) in [5, 5.41) is 15.5. The highest BCUT2D eigenvalue weighted by atomic mass is 16.3. The van der Waals surface area contributed by atoms with Crippen molar-refractivity contribution in [3.05, 3.63) is 23.8 Å². The molecule has 98 valence electrons. The van der Waals surface area contributed by atoms with Crippen molar-refractivity contribution in [2.45, 2.75) is 26.2 Å². The lowest BCUT2D eigenvalue weighted by Gasteiger charge is -2.22. The van der Waals surface area contributed by atoms with Crippen LogP contribution in [-0.2, 0) is 4.79 Å². The molecule has 1 aromatic rings. The van der Waals surface area contributed by atoms with E-state index in [1.54, 1.807) is 18.2 Å². The fourth-order valence-corrected chi connectivity index (χ4v) is 2.35. The molecule has 0 aliphatic carbocycles. The Morgan fingerprint density at radius 3 is 3.06 bits per heavy atom. The maximum atomic E-state index is 11.9. The summed E-state index contributed by atoms with van der Waals surface area (Å²) in [5.74, 6) is 0.718. The monoisotopic (exact) mass is 248 g/mol. The van der Waals surface area contributed by atoms with Gasteiger partial charge >= 0.3 is 0 Å². The zero-order valence-electron chi connectivity index (χ0n) is 10.7. The Morgan fingerprint density at radius 2 is 2.39 bits per heavy atom. The van der Waals surface area contributed by atoms with Gasteiger partial charge in [-0.15, -0.1) is 0 Å². The summed E-state index contributed by atoms with van der Waals surface area (Å²) < 4.78 is 0. The number of aromatic hydroxyl groups is 1. The topological polar surface area (TPSA) is 61.4 Å². The predicted octanol–water partition coefficient (Wildman–Crippen LogP) is 2.03. The van der Waals surface area contributed by atoms with Crippen LogP contribution in [0.25, 0.3) is 0 Å². The van der Waals surface area contributed by atoms with Crippen LogP contribution in [-0.4, -0.2) is 24.1 Å². The first-order valence-corrected chi connectivity index (χ1v) is 6.45. The zero-order chi connectivity index (χ0) is 13.0. The minimum atomic E-state index is 0.0532.